The molecule has 2 heteroatoms. The van der Waals surface area contributed by atoms with Crippen LogP contribution >= 0.6 is 0 Å². The van der Waals surface area contributed by atoms with Gasteiger partial charge in [0.15, 0.2) is 0 Å². The fourth-order valence-corrected chi connectivity index (χ4v) is 2.95. The van der Waals surface area contributed by atoms with Gasteiger partial charge in [-0.25, -0.2) is 0 Å². The van der Waals surface area contributed by atoms with Crippen molar-refractivity contribution in [3.8, 4) is 24.7 Å². The van der Waals surface area contributed by atoms with Gasteiger partial charge in [-0.05, 0) is 67.0 Å². The van der Waals surface area contributed by atoms with Gasteiger partial charge in [0.05, 0.1) is 11.6 Å². The molecule has 0 fully saturated rings. The van der Waals surface area contributed by atoms with Gasteiger partial charge < -0.3 is 5.11 Å². The van der Waals surface area contributed by atoms with E-state index in [1.807, 2.05) is 0 Å². The quantitative estimate of drug-likeness (QED) is 0.577. The number of benzene rings is 2. The molecule has 1 atom stereocenters. The van der Waals surface area contributed by atoms with E-state index in [4.69, 9.17) is 5.26 Å². The summed E-state index contributed by atoms with van der Waals surface area (Å²) in [5.74, 6) is 1.02. The van der Waals surface area contributed by atoms with Gasteiger partial charge in [0, 0.05) is 0 Å². The number of nitrogens with zero attached hydrogens (tertiary/aromatic N) is 1. The van der Waals surface area contributed by atoms with Crippen LogP contribution in [0.5, 0.6) is 5.75 Å². The lowest BCUT2D eigenvalue weighted by atomic mass is 9.93. The monoisotopic (exact) mass is 363 g/mol. The molecule has 0 spiro atoms. The smallest absolute Gasteiger partial charge is 0.118 e. The number of unbranched alkanes of at least 4 members (excludes halogenated alkanes) is 1. The lowest BCUT2D eigenvalue weighted by molar-refractivity contribution is 0.467. The van der Waals surface area contributed by atoms with Crippen LogP contribution in [0.1, 0.15) is 74.6 Å². The van der Waals surface area contributed by atoms with Gasteiger partial charge >= 0.3 is 0 Å². The Hall–Kier alpha value is -2.71. The van der Waals surface area contributed by atoms with Crippen molar-refractivity contribution in [2.45, 2.75) is 65.7 Å². The number of terminal acetylenes is 1. The minimum absolute atomic E-state index is 0.299. The van der Waals surface area contributed by atoms with Crippen LogP contribution in [0.3, 0.4) is 0 Å². The summed E-state index contributed by atoms with van der Waals surface area (Å²) in [5.41, 5.74) is 4.43. The molecule has 0 aliphatic carbocycles. The molecular formula is C25H33NO. The van der Waals surface area contributed by atoms with Crippen molar-refractivity contribution in [1.29, 1.82) is 5.26 Å². The first-order valence-corrected chi connectivity index (χ1v) is 9.64. The average Bonchev–Trinajstić information content (AvgIpc) is 2.70. The van der Waals surface area contributed by atoms with Crippen LogP contribution in [0.2, 0.25) is 0 Å². The zero-order valence-electron chi connectivity index (χ0n) is 17.2. The highest BCUT2D eigenvalue weighted by molar-refractivity contribution is 5.41. The van der Waals surface area contributed by atoms with Gasteiger partial charge in [0.25, 0.3) is 0 Å². The van der Waals surface area contributed by atoms with Crippen LogP contribution in [0.4, 0.5) is 0 Å². The first-order chi connectivity index (χ1) is 13.0. The third-order valence-corrected chi connectivity index (χ3v) is 4.45. The SMILES string of the molecule is C#C.CCCC(C)c1ccccc1C.CCCCc1cc(C#N)ccc1O. The van der Waals surface area contributed by atoms with Gasteiger partial charge in [-0.15, -0.1) is 12.8 Å². The first kappa shape index (κ1) is 24.3. The number of aromatic hydroxyl groups is 1. The molecule has 0 saturated carbocycles. The standard InChI is InChI=1S/C12H18.C11H13NO.C2H2/c1-4-7-10(2)12-9-6-5-8-11(12)3;1-2-3-4-10-7-9(8-12)5-6-11(10)13;1-2/h5-6,8-10H,4,7H2,1-3H3;5-7,13H,2-4H2,1H3;1-2H. The number of hydrogen-bond acceptors (Lipinski definition) is 2. The van der Waals surface area contributed by atoms with E-state index in [1.54, 1.807) is 18.2 Å². The molecule has 2 aromatic carbocycles. The zero-order chi connectivity index (χ0) is 20.7. The van der Waals surface area contributed by atoms with Crippen LogP contribution in [-0.2, 0) is 6.42 Å². The number of phenols is 1. The predicted octanol–water partition coefficient (Wildman–Crippen LogP) is 6.75. The van der Waals surface area contributed by atoms with Crippen LogP contribution < -0.4 is 0 Å². The molecule has 0 saturated heterocycles. The van der Waals surface area contributed by atoms with Crippen molar-refractivity contribution in [3.05, 3.63) is 64.7 Å². The highest BCUT2D eigenvalue weighted by atomic mass is 16.3. The maximum absolute atomic E-state index is 9.45. The number of nitriles is 1. The largest absolute Gasteiger partial charge is 0.508 e. The maximum atomic E-state index is 9.45. The van der Waals surface area contributed by atoms with E-state index in [0.717, 1.165) is 30.7 Å². The number of rotatable bonds is 6. The molecule has 1 N–H and O–H groups in total. The summed E-state index contributed by atoms with van der Waals surface area (Å²) < 4.78 is 0. The minimum Gasteiger partial charge on any atom is -0.508 e. The normalized spacial score (nSPS) is 10.4. The summed E-state index contributed by atoms with van der Waals surface area (Å²) in [6.07, 6.45) is 13.6. The molecule has 0 aliphatic rings. The number of aryl methyl sites for hydroxylation is 2. The Labute approximate surface area is 165 Å². The molecule has 144 valence electrons. The second kappa shape index (κ2) is 14.5. The summed E-state index contributed by atoms with van der Waals surface area (Å²) >= 11 is 0. The van der Waals surface area contributed by atoms with Crippen molar-refractivity contribution in [2.24, 2.45) is 0 Å². The van der Waals surface area contributed by atoms with E-state index in [0.29, 0.717) is 11.3 Å². The molecule has 0 aliphatic heterocycles. The topological polar surface area (TPSA) is 44.0 Å². The lowest BCUT2D eigenvalue weighted by Crippen LogP contribution is -1.95. The van der Waals surface area contributed by atoms with Gasteiger partial charge in [-0.2, -0.15) is 5.26 Å². The van der Waals surface area contributed by atoms with Crippen molar-refractivity contribution in [3.63, 3.8) is 0 Å². The minimum atomic E-state index is 0.299. The van der Waals surface area contributed by atoms with Crippen molar-refractivity contribution < 1.29 is 5.11 Å². The highest BCUT2D eigenvalue weighted by Crippen LogP contribution is 2.23. The van der Waals surface area contributed by atoms with Crippen LogP contribution in [0.15, 0.2) is 42.5 Å². The summed E-state index contributed by atoms with van der Waals surface area (Å²) in [6, 6.07) is 15.7. The second-order valence-corrected chi connectivity index (χ2v) is 6.61. The summed E-state index contributed by atoms with van der Waals surface area (Å²) in [7, 11) is 0. The van der Waals surface area contributed by atoms with E-state index in [9.17, 15) is 5.11 Å². The second-order valence-electron chi connectivity index (χ2n) is 6.61. The molecule has 1 unspecified atom stereocenters. The van der Waals surface area contributed by atoms with Gasteiger partial charge in [-0.3, -0.25) is 0 Å². The maximum Gasteiger partial charge on any atom is 0.118 e. The predicted molar refractivity (Wildman–Crippen MR) is 116 cm³/mol. The molecule has 0 heterocycles. The molecule has 0 amide bonds. The van der Waals surface area contributed by atoms with Crippen LogP contribution in [0, 0.1) is 31.1 Å². The van der Waals surface area contributed by atoms with E-state index < -0.39 is 0 Å². The Morgan fingerprint density at radius 1 is 1.07 bits per heavy atom. The van der Waals surface area contributed by atoms with Gasteiger partial charge in [0.1, 0.15) is 5.75 Å². The summed E-state index contributed by atoms with van der Waals surface area (Å²) in [5, 5.41) is 18.1. The van der Waals surface area contributed by atoms with E-state index in [1.165, 1.54) is 24.0 Å². The van der Waals surface area contributed by atoms with E-state index >= 15 is 0 Å². The van der Waals surface area contributed by atoms with Crippen molar-refractivity contribution in [2.75, 3.05) is 0 Å². The Bertz CT molecular complexity index is 725. The Morgan fingerprint density at radius 3 is 2.30 bits per heavy atom. The van der Waals surface area contributed by atoms with Crippen molar-refractivity contribution in [1.82, 2.24) is 0 Å². The molecule has 2 nitrogen and oxygen atoms in total. The number of hydrogen-bond donors (Lipinski definition) is 1. The molecule has 0 bridgehead atoms. The van der Waals surface area contributed by atoms with Gasteiger partial charge in [-0.1, -0.05) is 57.9 Å². The van der Waals surface area contributed by atoms with Crippen LogP contribution in [-0.4, -0.2) is 5.11 Å². The third kappa shape index (κ3) is 8.98. The first-order valence-electron chi connectivity index (χ1n) is 9.64. The Morgan fingerprint density at radius 2 is 1.74 bits per heavy atom. The lowest BCUT2D eigenvalue weighted by Gasteiger charge is -2.12. The molecule has 0 radical (unpaired) electrons. The summed E-state index contributed by atoms with van der Waals surface area (Å²) in [6.45, 7) is 8.85. The van der Waals surface area contributed by atoms with Crippen LogP contribution in [0.25, 0.3) is 0 Å². The fourth-order valence-electron chi connectivity index (χ4n) is 2.95. The molecule has 2 rings (SSSR count). The molecule has 0 aromatic heterocycles. The van der Waals surface area contributed by atoms with E-state index in [-0.39, 0.29) is 0 Å². The average molecular weight is 364 g/mol. The van der Waals surface area contributed by atoms with Crippen molar-refractivity contribution >= 4 is 0 Å². The molecule has 2 aromatic rings. The van der Waals surface area contributed by atoms with E-state index in [2.05, 4.69) is 70.9 Å². The molecular weight excluding hydrogens is 330 g/mol. The Balaban J connectivity index is 0.000000460. The number of phenolic OH excluding ortho intramolecular Hbond substituents is 1. The summed E-state index contributed by atoms with van der Waals surface area (Å²) in [4.78, 5) is 0. The van der Waals surface area contributed by atoms with Gasteiger partial charge in [0.2, 0.25) is 0 Å². The third-order valence-electron chi connectivity index (χ3n) is 4.45. The highest BCUT2D eigenvalue weighted by Gasteiger charge is 2.05. The fraction of sp³-hybridized carbons (Fsp3) is 0.400. The molecule has 27 heavy (non-hydrogen) atoms. The zero-order valence-corrected chi connectivity index (χ0v) is 17.2. The Kier molecular flexibility index (Phi) is 13.0.